The maximum absolute atomic E-state index is 3.47. The highest BCUT2D eigenvalue weighted by Gasteiger charge is 1.93. The molecule has 1 nitrogen and oxygen atoms in total. The molecule has 0 aliphatic heterocycles. The fraction of sp³-hybridized carbons (Fsp3) is 0.875. The molecule has 0 aliphatic carbocycles. The Morgan fingerprint density at radius 3 is 2.06 bits per heavy atom. The van der Waals surface area contributed by atoms with Gasteiger partial charge in [0.25, 0.3) is 0 Å². The number of rotatable bonds is 11. The minimum absolute atomic E-state index is 0.770. The molecule has 0 rings (SSSR count). The van der Waals surface area contributed by atoms with E-state index in [4.69, 9.17) is 0 Å². The molecule has 0 aromatic heterocycles. The smallest absolute Gasteiger partial charge is 0.00258 e. The van der Waals surface area contributed by atoms with E-state index in [1.54, 1.807) is 0 Å². The average molecular weight is 239 g/mol. The lowest BCUT2D eigenvalue weighted by molar-refractivity contribution is 0.539. The van der Waals surface area contributed by atoms with Crippen LogP contribution >= 0.6 is 0 Å². The molecule has 17 heavy (non-hydrogen) atoms. The van der Waals surface area contributed by atoms with Crippen molar-refractivity contribution in [2.24, 2.45) is 11.8 Å². The second kappa shape index (κ2) is 12.2. The fourth-order valence-electron chi connectivity index (χ4n) is 1.79. The summed E-state index contributed by atoms with van der Waals surface area (Å²) >= 11 is 0. The molecule has 1 N–H and O–H groups in total. The summed E-state index contributed by atoms with van der Waals surface area (Å²) in [5.41, 5.74) is 0. The van der Waals surface area contributed by atoms with E-state index >= 15 is 0 Å². The first-order valence-corrected chi connectivity index (χ1v) is 7.48. The monoisotopic (exact) mass is 239 g/mol. The maximum atomic E-state index is 3.47. The minimum atomic E-state index is 0.770. The third-order valence-electron chi connectivity index (χ3n) is 2.85. The molecule has 0 spiro atoms. The quantitative estimate of drug-likeness (QED) is 0.404. The Morgan fingerprint density at radius 1 is 0.824 bits per heavy atom. The molecule has 0 unspecified atom stereocenters. The molecule has 0 radical (unpaired) electrons. The highest BCUT2D eigenvalue weighted by Crippen LogP contribution is 2.08. The lowest BCUT2D eigenvalue weighted by atomic mass is 10.1. The van der Waals surface area contributed by atoms with Crippen LogP contribution in [0.15, 0.2) is 12.2 Å². The van der Waals surface area contributed by atoms with Crippen LogP contribution in [0.4, 0.5) is 0 Å². The second-order valence-corrected chi connectivity index (χ2v) is 5.89. The van der Waals surface area contributed by atoms with Crippen molar-refractivity contribution in [2.75, 3.05) is 13.1 Å². The van der Waals surface area contributed by atoms with Gasteiger partial charge in [-0.1, -0.05) is 52.7 Å². The Hall–Kier alpha value is -0.300. The Balaban J connectivity index is 3.10. The molecular formula is C16H33N. The van der Waals surface area contributed by atoms with Crippen LogP contribution in [0, 0.1) is 11.8 Å². The van der Waals surface area contributed by atoms with Gasteiger partial charge in [0.15, 0.2) is 0 Å². The molecule has 0 aromatic carbocycles. The molecule has 0 heterocycles. The standard InChI is InChI=1S/C16H33N/c1-15(2)12-10-8-6-5-7-9-11-13-17-14-16(3)4/h5,7,15-17H,6,8-14H2,1-4H3/b7-5+. The van der Waals surface area contributed by atoms with E-state index in [0.29, 0.717) is 0 Å². The highest BCUT2D eigenvalue weighted by molar-refractivity contribution is 4.81. The van der Waals surface area contributed by atoms with Crippen LogP contribution in [0.3, 0.4) is 0 Å². The zero-order chi connectivity index (χ0) is 12.9. The Labute approximate surface area is 109 Å². The van der Waals surface area contributed by atoms with Crippen molar-refractivity contribution in [1.29, 1.82) is 0 Å². The first-order valence-electron chi connectivity index (χ1n) is 7.48. The molecule has 1 heteroatoms. The molecule has 0 saturated carbocycles. The van der Waals surface area contributed by atoms with Gasteiger partial charge in [-0.2, -0.15) is 0 Å². The molecule has 0 amide bonds. The molecular weight excluding hydrogens is 206 g/mol. The third kappa shape index (κ3) is 15.7. The van der Waals surface area contributed by atoms with Crippen molar-refractivity contribution in [3.05, 3.63) is 12.2 Å². The Kier molecular flexibility index (Phi) is 12.0. The number of allylic oxidation sites excluding steroid dienone is 2. The molecule has 0 saturated heterocycles. The second-order valence-electron chi connectivity index (χ2n) is 5.89. The van der Waals surface area contributed by atoms with Gasteiger partial charge >= 0.3 is 0 Å². The van der Waals surface area contributed by atoms with Gasteiger partial charge in [0, 0.05) is 0 Å². The van der Waals surface area contributed by atoms with Crippen LogP contribution in [-0.4, -0.2) is 13.1 Å². The molecule has 0 aliphatic rings. The van der Waals surface area contributed by atoms with Gasteiger partial charge in [-0.3, -0.25) is 0 Å². The van der Waals surface area contributed by atoms with Crippen LogP contribution in [0.2, 0.25) is 0 Å². The predicted octanol–water partition coefficient (Wildman–Crippen LogP) is 4.78. The van der Waals surface area contributed by atoms with E-state index in [-0.39, 0.29) is 0 Å². The Bertz CT molecular complexity index is 170. The molecule has 0 bridgehead atoms. The van der Waals surface area contributed by atoms with E-state index in [2.05, 4.69) is 45.2 Å². The molecule has 0 atom stereocenters. The van der Waals surface area contributed by atoms with Gasteiger partial charge in [0.05, 0.1) is 0 Å². The van der Waals surface area contributed by atoms with Crippen molar-refractivity contribution < 1.29 is 0 Å². The summed E-state index contributed by atoms with van der Waals surface area (Å²) in [4.78, 5) is 0. The minimum Gasteiger partial charge on any atom is -0.316 e. The van der Waals surface area contributed by atoms with E-state index < -0.39 is 0 Å². The van der Waals surface area contributed by atoms with Crippen LogP contribution in [0.5, 0.6) is 0 Å². The largest absolute Gasteiger partial charge is 0.316 e. The van der Waals surface area contributed by atoms with Crippen LogP contribution in [0.25, 0.3) is 0 Å². The van der Waals surface area contributed by atoms with Gasteiger partial charge in [-0.05, 0) is 50.6 Å². The molecule has 102 valence electrons. The normalized spacial score (nSPS) is 12.1. The summed E-state index contributed by atoms with van der Waals surface area (Å²) in [5.74, 6) is 1.64. The number of unbranched alkanes of at least 4 members (excludes halogenated alkanes) is 3. The predicted molar refractivity (Wildman–Crippen MR) is 79.4 cm³/mol. The van der Waals surface area contributed by atoms with Crippen LogP contribution in [0.1, 0.15) is 66.2 Å². The number of nitrogens with one attached hydrogen (secondary N) is 1. The van der Waals surface area contributed by atoms with E-state index in [1.807, 2.05) is 0 Å². The molecule has 0 aromatic rings. The van der Waals surface area contributed by atoms with Crippen molar-refractivity contribution in [2.45, 2.75) is 66.2 Å². The van der Waals surface area contributed by atoms with Crippen molar-refractivity contribution >= 4 is 0 Å². The van der Waals surface area contributed by atoms with Crippen LogP contribution < -0.4 is 5.32 Å². The fourth-order valence-corrected chi connectivity index (χ4v) is 1.79. The summed E-state index contributed by atoms with van der Waals surface area (Å²) in [6, 6.07) is 0. The summed E-state index contributed by atoms with van der Waals surface area (Å²) in [5, 5.41) is 3.47. The first kappa shape index (κ1) is 16.7. The van der Waals surface area contributed by atoms with E-state index in [1.165, 1.54) is 38.5 Å². The topological polar surface area (TPSA) is 12.0 Å². The molecule has 0 fully saturated rings. The van der Waals surface area contributed by atoms with Crippen LogP contribution in [-0.2, 0) is 0 Å². The summed E-state index contributed by atoms with van der Waals surface area (Å²) in [7, 11) is 0. The first-order chi connectivity index (χ1) is 8.13. The lowest BCUT2D eigenvalue weighted by Crippen LogP contribution is -2.20. The number of hydrogen-bond acceptors (Lipinski definition) is 1. The van der Waals surface area contributed by atoms with Gasteiger partial charge in [-0.15, -0.1) is 0 Å². The van der Waals surface area contributed by atoms with Gasteiger partial charge in [-0.25, -0.2) is 0 Å². The maximum Gasteiger partial charge on any atom is -0.00258 e. The average Bonchev–Trinajstić information content (AvgIpc) is 2.25. The highest BCUT2D eigenvalue weighted by atomic mass is 14.8. The number of hydrogen-bond donors (Lipinski definition) is 1. The zero-order valence-corrected chi connectivity index (χ0v) is 12.5. The van der Waals surface area contributed by atoms with E-state index in [9.17, 15) is 0 Å². The third-order valence-corrected chi connectivity index (χ3v) is 2.85. The van der Waals surface area contributed by atoms with Crippen molar-refractivity contribution in [3.8, 4) is 0 Å². The zero-order valence-electron chi connectivity index (χ0n) is 12.5. The van der Waals surface area contributed by atoms with Crippen molar-refractivity contribution in [1.82, 2.24) is 5.32 Å². The summed E-state index contributed by atoms with van der Waals surface area (Å²) < 4.78 is 0. The SMILES string of the molecule is CC(C)CCCC/C=C/CCCNCC(C)C. The van der Waals surface area contributed by atoms with Gasteiger partial charge in [0.2, 0.25) is 0 Å². The van der Waals surface area contributed by atoms with Gasteiger partial charge < -0.3 is 5.32 Å². The lowest BCUT2D eigenvalue weighted by Gasteiger charge is -2.05. The van der Waals surface area contributed by atoms with Gasteiger partial charge in [0.1, 0.15) is 0 Å². The summed E-state index contributed by atoms with van der Waals surface area (Å²) in [6.07, 6.45) is 12.6. The van der Waals surface area contributed by atoms with Crippen molar-refractivity contribution in [3.63, 3.8) is 0 Å². The summed E-state index contributed by atoms with van der Waals surface area (Å²) in [6.45, 7) is 11.4. The Morgan fingerprint density at radius 2 is 1.47 bits per heavy atom. The van der Waals surface area contributed by atoms with E-state index in [0.717, 1.165) is 24.9 Å².